The Morgan fingerprint density at radius 2 is 2.27 bits per heavy atom. The molecule has 62 valence electrons. The van der Waals surface area contributed by atoms with Gasteiger partial charge in [-0.25, -0.2) is 0 Å². The molecule has 0 amide bonds. The number of fused-ring (bicyclic) bond motifs is 2. The lowest BCUT2D eigenvalue weighted by Gasteiger charge is -2.17. The van der Waals surface area contributed by atoms with E-state index >= 15 is 0 Å². The molecule has 0 aromatic rings. The van der Waals surface area contributed by atoms with Gasteiger partial charge in [0.15, 0.2) is 0 Å². The first kappa shape index (κ1) is 7.35. The van der Waals surface area contributed by atoms with E-state index in [9.17, 15) is 0 Å². The van der Waals surface area contributed by atoms with Crippen molar-refractivity contribution < 1.29 is 0 Å². The van der Waals surface area contributed by atoms with Crippen LogP contribution >= 0.6 is 0 Å². The summed E-state index contributed by atoms with van der Waals surface area (Å²) in [6.07, 6.45) is 6.91. The van der Waals surface area contributed by atoms with Gasteiger partial charge in [-0.3, -0.25) is 0 Å². The van der Waals surface area contributed by atoms with Crippen LogP contribution in [0.4, 0.5) is 0 Å². The molecular weight excluding hydrogens is 134 g/mol. The Morgan fingerprint density at radius 3 is 2.73 bits per heavy atom. The van der Waals surface area contributed by atoms with Crippen LogP contribution in [0.1, 0.15) is 19.3 Å². The molecule has 1 saturated carbocycles. The van der Waals surface area contributed by atoms with Gasteiger partial charge in [-0.2, -0.15) is 0 Å². The zero-order valence-corrected chi connectivity index (χ0v) is 7.51. The SMILES string of the molecule is CN(C)CC1=CC2CCC1C2. The Morgan fingerprint density at radius 1 is 1.45 bits per heavy atom. The van der Waals surface area contributed by atoms with Gasteiger partial charge in [-0.1, -0.05) is 11.6 Å². The molecule has 0 aromatic heterocycles. The maximum Gasteiger partial charge on any atom is 0.0189 e. The normalized spacial score (nSPS) is 35.0. The van der Waals surface area contributed by atoms with E-state index in [4.69, 9.17) is 0 Å². The molecule has 1 heteroatoms. The Hall–Kier alpha value is -0.300. The second-order valence-electron chi connectivity index (χ2n) is 4.25. The molecule has 0 aromatic carbocycles. The fourth-order valence-electron chi connectivity index (χ4n) is 2.49. The molecule has 11 heavy (non-hydrogen) atoms. The first-order valence-electron chi connectivity index (χ1n) is 4.61. The van der Waals surface area contributed by atoms with Crippen molar-refractivity contribution >= 4 is 0 Å². The van der Waals surface area contributed by atoms with Crippen LogP contribution in [0, 0.1) is 11.8 Å². The number of nitrogens with zero attached hydrogens (tertiary/aromatic N) is 1. The molecule has 0 saturated heterocycles. The third-order valence-corrected chi connectivity index (χ3v) is 2.95. The summed E-state index contributed by atoms with van der Waals surface area (Å²) in [6.45, 7) is 1.20. The monoisotopic (exact) mass is 151 g/mol. The van der Waals surface area contributed by atoms with Crippen LogP contribution in [-0.4, -0.2) is 25.5 Å². The van der Waals surface area contributed by atoms with Crippen LogP contribution in [-0.2, 0) is 0 Å². The predicted octanol–water partition coefficient (Wildman–Crippen LogP) is 1.90. The maximum atomic E-state index is 2.52. The average molecular weight is 151 g/mol. The average Bonchev–Trinajstić information content (AvgIpc) is 2.45. The molecule has 0 radical (unpaired) electrons. The van der Waals surface area contributed by atoms with E-state index in [1.807, 2.05) is 0 Å². The van der Waals surface area contributed by atoms with Gasteiger partial charge in [-0.15, -0.1) is 0 Å². The second-order valence-corrected chi connectivity index (χ2v) is 4.25. The van der Waals surface area contributed by atoms with Gasteiger partial charge in [0.25, 0.3) is 0 Å². The van der Waals surface area contributed by atoms with Crippen LogP contribution in [0.15, 0.2) is 11.6 Å². The maximum absolute atomic E-state index is 2.52. The Labute approximate surface area is 69.1 Å². The summed E-state index contributed by atoms with van der Waals surface area (Å²) in [5.41, 5.74) is 1.71. The van der Waals surface area contributed by atoms with Crippen molar-refractivity contribution in [3.05, 3.63) is 11.6 Å². The summed E-state index contributed by atoms with van der Waals surface area (Å²) in [7, 11) is 4.32. The third-order valence-electron chi connectivity index (χ3n) is 2.95. The minimum absolute atomic E-state index is 0.954. The van der Waals surface area contributed by atoms with E-state index in [1.54, 1.807) is 5.57 Å². The molecule has 1 fully saturated rings. The summed E-state index contributed by atoms with van der Waals surface area (Å²) < 4.78 is 0. The van der Waals surface area contributed by atoms with Crippen LogP contribution in [0.2, 0.25) is 0 Å². The van der Waals surface area contributed by atoms with E-state index in [2.05, 4.69) is 25.1 Å². The Kier molecular flexibility index (Phi) is 1.76. The molecule has 0 aliphatic heterocycles. The van der Waals surface area contributed by atoms with Gasteiger partial charge < -0.3 is 4.90 Å². The summed E-state index contributed by atoms with van der Waals surface area (Å²) in [6, 6.07) is 0. The lowest BCUT2D eigenvalue weighted by Crippen LogP contribution is -2.18. The molecule has 0 heterocycles. The first-order chi connectivity index (χ1) is 5.25. The lowest BCUT2D eigenvalue weighted by atomic mass is 9.98. The van der Waals surface area contributed by atoms with E-state index < -0.39 is 0 Å². The highest BCUT2D eigenvalue weighted by Gasteiger charge is 2.32. The van der Waals surface area contributed by atoms with Gasteiger partial charge >= 0.3 is 0 Å². The van der Waals surface area contributed by atoms with E-state index in [0.717, 1.165) is 11.8 Å². The van der Waals surface area contributed by atoms with Gasteiger partial charge in [0.1, 0.15) is 0 Å². The van der Waals surface area contributed by atoms with Gasteiger partial charge in [0, 0.05) is 6.54 Å². The molecule has 2 aliphatic rings. The van der Waals surface area contributed by atoms with Crippen LogP contribution in [0.5, 0.6) is 0 Å². The molecule has 0 spiro atoms. The zero-order valence-electron chi connectivity index (χ0n) is 7.51. The fraction of sp³-hybridized carbons (Fsp3) is 0.800. The topological polar surface area (TPSA) is 3.24 Å². The van der Waals surface area contributed by atoms with E-state index in [-0.39, 0.29) is 0 Å². The van der Waals surface area contributed by atoms with Crippen molar-refractivity contribution in [3.8, 4) is 0 Å². The molecule has 1 nitrogen and oxygen atoms in total. The second kappa shape index (κ2) is 2.63. The van der Waals surface area contributed by atoms with Crippen molar-refractivity contribution in [3.63, 3.8) is 0 Å². The Bertz CT molecular complexity index is 181. The van der Waals surface area contributed by atoms with Gasteiger partial charge in [0.05, 0.1) is 0 Å². The summed E-state index contributed by atoms with van der Waals surface area (Å²) >= 11 is 0. The molecule has 2 bridgehead atoms. The summed E-state index contributed by atoms with van der Waals surface area (Å²) in [5.74, 6) is 1.91. The quantitative estimate of drug-likeness (QED) is 0.545. The number of likely N-dealkylation sites (N-methyl/N-ethyl adjacent to an activating group) is 1. The minimum Gasteiger partial charge on any atom is -0.305 e. The molecule has 0 N–H and O–H groups in total. The fourth-order valence-corrected chi connectivity index (χ4v) is 2.49. The lowest BCUT2D eigenvalue weighted by molar-refractivity contribution is 0.422. The van der Waals surface area contributed by atoms with Gasteiger partial charge in [-0.05, 0) is 45.2 Å². The minimum atomic E-state index is 0.954. The number of rotatable bonds is 2. The zero-order chi connectivity index (χ0) is 7.84. The summed E-state index contributed by atoms with van der Waals surface area (Å²) in [5, 5.41) is 0. The van der Waals surface area contributed by atoms with Crippen molar-refractivity contribution in [2.45, 2.75) is 19.3 Å². The predicted molar refractivity (Wildman–Crippen MR) is 47.5 cm³/mol. The number of allylic oxidation sites excluding steroid dienone is 1. The number of hydrogen-bond acceptors (Lipinski definition) is 1. The standard InChI is InChI=1S/C10H17N/c1-11(2)7-10-6-8-3-4-9(10)5-8/h6,8-9H,3-5,7H2,1-2H3. The van der Waals surface area contributed by atoms with Crippen molar-refractivity contribution in [1.29, 1.82) is 0 Å². The van der Waals surface area contributed by atoms with Crippen molar-refractivity contribution in [2.75, 3.05) is 20.6 Å². The molecule has 2 rings (SSSR count). The highest BCUT2D eigenvalue weighted by Crippen LogP contribution is 2.43. The van der Waals surface area contributed by atoms with E-state index in [1.165, 1.54) is 25.8 Å². The molecular formula is C10H17N. The molecule has 2 atom stereocenters. The first-order valence-corrected chi connectivity index (χ1v) is 4.61. The van der Waals surface area contributed by atoms with Crippen LogP contribution in [0.25, 0.3) is 0 Å². The largest absolute Gasteiger partial charge is 0.305 e. The highest BCUT2D eigenvalue weighted by molar-refractivity contribution is 5.20. The summed E-state index contributed by atoms with van der Waals surface area (Å²) in [4.78, 5) is 2.28. The van der Waals surface area contributed by atoms with E-state index in [0.29, 0.717) is 0 Å². The van der Waals surface area contributed by atoms with Crippen LogP contribution < -0.4 is 0 Å². The van der Waals surface area contributed by atoms with Gasteiger partial charge in [0.2, 0.25) is 0 Å². The number of hydrogen-bond donors (Lipinski definition) is 0. The van der Waals surface area contributed by atoms with Crippen molar-refractivity contribution in [1.82, 2.24) is 4.90 Å². The van der Waals surface area contributed by atoms with Crippen LogP contribution in [0.3, 0.4) is 0 Å². The smallest absolute Gasteiger partial charge is 0.0189 e. The molecule has 2 aliphatic carbocycles. The Balaban J connectivity index is 2.00. The third kappa shape index (κ3) is 1.34. The highest BCUT2D eigenvalue weighted by atomic mass is 15.1. The van der Waals surface area contributed by atoms with Crippen molar-refractivity contribution in [2.24, 2.45) is 11.8 Å². The molecule has 2 unspecified atom stereocenters.